The van der Waals surface area contributed by atoms with Crippen LogP contribution in [0.3, 0.4) is 0 Å². The van der Waals surface area contributed by atoms with E-state index in [0.29, 0.717) is 17.9 Å². The fourth-order valence-corrected chi connectivity index (χ4v) is 2.13. The first kappa shape index (κ1) is 10.2. The number of rotatable bonds is 1. The molecule has 2 atom stereocenters. The van der Waals surface area contributed by atoms with Crippen molar-refractivity contribution in [2.45, 2.75) is 38.6 Å². The zero-order valence-corrected chi connectivity index (χ0v) is 8.53. The Morgan fingerprint density at radius 2 is 2.00 bits per heavy atom. The lowest BCUT2D eigenvalue weighted by molar-refractivity contribution is 0.203. The highest BCUT2D eigenvalue weighted by atomic mass is 15.3. The maximum Gasteiger partial charge on any atom is 0.213 e. The minimum absolute atomic E-state index is 0.443. The van der Waals surface area contributed by atoms with Crippen molar-refractivity contribution in [3.05, 3.63) is 0 Å². The maximum absolute atomic E-state index is 5.66. The molecule has 4 nitrogen and oxygen atoms in total. The Morgan fingerprint density at radius 3 is 2.54 bits per heavy atom. The average Bonchev–Trinajstić information content (AvgIpc) is 2.16. The molecule has 1 aliphatic rings. The summed E-state index contributed by atoms with van der Waals surface area (Å²) >= 11 is 0. The quantitative estimate of drug-likeness (QED) is 0.272. The molecule has 76 valence electrons. The molecular formula is C9H20N4. The molecule has 1 saturated carbocycles. The van der Waals surface area contributed by atoms with Gasteiger partial charge in [0.1, 0.15) is 0 Å². The van der Waals surface area contributed by atoms with E-state index in [0.717, 1.165) is 0 Å². The van der Waals surface area contributed by atoms with Crippen molar-refractivity contribution in [1.82, 2.24) is 4.90 Å². The maximum atomic E-state index is 5.66. The molecule has 4 heteroatoms. The molecule has 0 radical (unpaired) electrons. The van der Waals surface area contributed by atoms with E-state index in [9.17, 15) is 0 Å². The van der Waals surface area contributed by atoms with Crippen LogP contribution in [0.25, 0.3) is 0 Å². The van der Waals surface area contributed by atoms with E-state index >= 15 is 0 Å². The summed E-state index contributed by atoms with van der Waals surface area (Å²) in [5.74, 6) is 6.28. The summed E-state index contributed by atoms with van der Waals surface area (Å²) < 4.78 is 0. The van der Waals surface area contributed by atoms with Crippen molar-refractivity contribution < 1.29 is 0 Å². The van der Waals surface area contributed by atoms with Gasteiger partial charge in [0.15, 0.2) is 0 Å². The predicted octanol–water partition coefficient (Wildman–Crippen LogP) is 0.685. The molecule has 13 heavy (non-hydrogen) atoms. The van der Waals surface area contributed by atoms with Gasteiger partial charge in [-0.15, -0.1) is 5.10 Å². The summed E-state index contributed by atoms with van der Waals surface area (Å²) in [5, 5.41) is 3.52. The van der Waals surface area contributed by atoms with Crippen molar-refractivity contribution >= 4 is 5.96 Å². The van der Waals surface area contributed by atoms with Gasteiger partial charge in [-0.1, -0.05) is 19.8 Å². The second-order valence-corrected chi connectivity index (χ2v) is 3.93. The molecule has 0 aromatic carbocycles. The molecule has 1 rings (SSSR count). The number of nitrogens with two attached hydrogens (primary N) is 2. The van der Waals surface area contributed by atoms with Crippen molar-refractivity contribution in [3.63, 3.8) is 0 Å². The molecule has 0 saturated heterocycles. The van der Waals surface area contributed by atoms with Gasteiger partial charge in [-0.05, 0) is 18.8 Å². The first-order valence-electron chi connectivity index (χ1n) is 4.93. The third kappa shape index (κ3) is 2.26. The lowest BCUT2D eigenvalue weighted by atomic mass is 9.85. The van der Waals surface area contributed by atoms with Gasteiger partial charge in [0, 0.05) is 13.1 Å². The van der Waals surface area contributed by atoms with Crippen LogP contribution in [-0.2, 0) is 0 Å². The highest BCUT2D eigenvalue weighted by molar-refractivity contribution is 5.77. The second-order valence-electron chi connectivity index (χ2n) is 3.93. The summed E-state index contributed by atoms with van der Waals surface area (Å²) in [6.07, 6.45) is 5.11. The Balaban J connectivity index is 2.58. The van der Waals surface area contributed by atoms with Crippen LogP contribution in [0.5, 0.6) is 0 Å². The number of nitrogens with zero attached hydrogens (tertiary/aromatic N) is 2. The molecule has 0 aromatic rings. The summed E-state index contributed by atoms with van der Waals surface area (Å²) in [5.41, 5.74) is 5.66. The van der Waals surface area contributed by atoms with Crippen LogP contribution in [0.1, 0.15) is 32.6 Å². The fraction of sp³-hybridized carbons (Fsp3) is 0.889. The summed E-state index contributed by atoms with van der Waals surface area (Å²) in [4.78, 5) is 2.00. The Kier molecular flexibility index (Phi) is 3.39. The van der Waals surface area contributed by atoms with E-state index in [1.54, 1.807) is 0 Å². The van der Waals surface area contributed by atoms with E-state index in [1.807, 2.05) is 11.9 Å². The molecule has 0 aliphatic heterocycles. The van der Waals surface area contributed by atoms with E-state index in [4.69, 9.17) is 11.6 Å². The molecule has 1 fully saturated rings. The van der Waals surface area contributed by atoms with Crippen molar-refractivity contribution in [3.8, 4) is 0 Å². The molecule has 0 amide bonds. The predicted molar refractivity (Wildman–Crippen MR) is 55.0 cm³/mol. The third-order valence-electron chi connectivity index (χ3n) is 3.06. The first-order valence-corrected chi connectivity index (χ1v) is 4.93. The normalized spacial score (nSPS) is 30.2. The summed E-state index contributed by atoms with van der Waals surface area (Å²) in [6.45, 7) is 2.27. The Bertz CT molecular complexity index is 190. The SMILES string of the molecule is CC1CCCCC1N(C)C(N)=NN. The van der Waals surface area contributed by atoms with Crippen LogP contribution < -0.4 is 11.6 Å². The fourth-order valence-electron chi connectivity index (χ4n) is 2.13. The molecule has 0 bridgehead atoms. The van der Waals surface area contributed by atoms with Crippen molar-refractivity contribution in [2.75, 3.05) is 7.05 Å². The number of guanidine groups is 1. The Morgan fingerprint density at radius 1 is 1.38 bits per heavy atom. The van der Waals surface area contributed by atoms with Gasteiger partial charge in [0.05, 0.1) is 0 Å². The lowest BCUT2D eigenvalue weighted by Crippen LogP contribution is -2.46. The highest BCUT2D eigenvalue weighted by Crippen LogP contribution is 2.26. The van der Waals surface area contributed by atoms with E-state index in [1.165, 1.54) is 25.7 Å². The number of hydrogen-bond donors (Lipinski definition) is 2. The lowest BCUT2D eigenvalue weighted by Gasteiger charge is -2.36. The van der Waals surface area contributed by atoms with E-state index < -0.39 is 0 Å². The van der Waals surface area contributed by atoms with Gasteiger partial charge in [-0.3, -0.25) is 0 Å². The van der Waals surface area contributed by atoms with Crippen LogP contribution in [0.4, 0.5) is 0 Å². The second kappa shape index (κ2) is 4.35. The molecular weight excluding hydrogens is 164 g/mol. The molecule has 0 aromatic heterocycles. The zero-order valence-electron chi connectivity index (χ0n) is 8.53. The standard InChI is InChI=1S/C9H20N4/c1-7-5-3-4-6-8(7)13(2)9(10)12-11/h7-8H,3-6,11H2,1-2H3,(H2,10,12). The van der Waals surface area contributed by atoms with Crippen LogP contribution in [-0.4, -0.2) is 23.9 Å². The summed E-state index contributed by atoms with van der Waals surface area (Å²) in [6, 6.07) is 0.515. The van der Waals surface area contributed by atoms with Crippen LogP contribution in [0, 0.1) is 5.92 Å². The van der Waals surface area contributed by atoms with Gasteiger partial charge in [-0.2, -0.15) is 0 Å². The van der Waals surface area contributed by atoms with Gasteiger partial charge in [-0.25, -0.2) is 0 Å². The van der Waals surface area contributed by atoms with Gasteiger partial charge >= 0.3 is 0 Å². The largest absolute Gasteiger partial charge is 0.368 e. The first-order chi connectivity index (χ1) is 6.16. The smallest absolute Gasteiger partial charge is 0.213 e. The number of hydrogen-bond acceptors (Lipinski definition) is 2. The van der Waals surface area contributed by atoms with Crippen LogP contribution in [0.15, 0.2) is 5.10 Å². The van der Waals surface area contributed by atoms with Gasteiger partial charge in [0.2, 0.25) is 5.96 Å². The Labute approximate surface area is 80.0 Å². The van der Waals surface area contributed by atoms with Crippen LogP contribution in [0.2, 0.25) is 0 Å². The van der Waals surface area contributed by atoms with Gasteiger partial charge < -0.3 is 16.5 Å². The van der Waals surface area contributed by atoms with Crippen molar-refractivity contribution in [1.29, 1.82) is 0 Å². The monoisotopic (exact) mass is 184 g/mol. The zero-order chi connectivity index (χ0) is 9.84. The van der Waals surface area contributed by atoms with Crippen LogP contribution >= 0.6 is 0 Å². The molecule has 2 unspecified atom stereocenters. The molecule has 4 N–H and O–H groups in total. The topological polar surface area (TPSA) is 67.6 Å². The third-order valence-corrected chi connectivity index (χ3v) is 3.06. The van der Waals surface area contributed by atoms with Crippen molar-refractivity contribution in [2.24, 2.45) is 22.6 Å². The molecule has 0 spiro atoms. The molecule has 1 aliphatic carbocycles. The minimum atomic E-state index is 0.443. The van der Waals surface area contributed by atoms with E-state index in [-0.39, 0.29) is 0 Å². The van der Waals surface area contributed by atoms with E-state index in [2.05, 4.69) is 12.0 Å². The number of hydrazone groups is 1. The summed E-state index contributed by atoms with van der Waals surface area (Å²) in [7, 11) is 1.97. The van der Waals surface area contributed by atoms with Gasteiger partial charge in [0.25, 0.3) is 0 Å². The highest BCUT2D eigenvalue weighted by Gasteiger charge is 2.25. The Hall–Kier alpha value is -0.930. The minimum Gasteiger partial charge on any atom is -0.368 e. The average molecular weight is 184 g/mol. The molecule has 0 heterocycles.